The number of rotatable bonds is 1. The minimum atomic E-state index is 0.694. The fraction of sp³-hybridized carbons (Fsp3) is 0.182. The van der Waals surface area contributed by atoms with Gasteiger partial charge in [-0.15, -0.1) is 0 Å². The van der Waals surface area contributed by atoms with Gasteiger partial charge in [-0.3, -0.25) is 0 Å². The Bertz CT molecular complexity index is 459. The SMILES string of the molecule is [B]c1ccc(-c2nc(C)nc(C)n2)cc1. The largest absolute Gasteiger partial charge is 0.219 e. The lowest BCUT2D eigenvalue weighted by Gasteiger charge is -2.02. The molecular weight excluding hydrogens is 185 g/mol. The number of nitrogens with zero attached hydrogens (tertiary/aromatic N) is 3. The van der Waals surface area contributed by atoms with Gasteiger partial charge in [0.05, 0.1) is 0 Å². The van der Waals surface area contributed by atoms with E-state index in [4.69, 9.17) is 7.85 Å². The zero-order chi connectivity index (χ0) is 10.8. The number of aromatic nitrogens is 3. The lowest BCUT2D eigenvalue weighted by Crippen LogP contribution is -2.02. The summed E-state index contributed by atoms with van der Waals surface area (Å²) in [6, 6.07) is 7.49. The molecule has 0 N–H and O–H groups in total. The van der Waals surface area contributed by atoms with Gasteiger partial charge in [0.2, 0.25) is 0 Å². The molecule has 2 aromatic rings. The summed E-state index contributed by atoms with van der Waals surface area (Å²) in [5.41, 5.74) is 1.69. The van der Waals surface area contributed by atoms with E-state index in [9.17, 15) is 0 Å². The number of aryl methyl sites for hydroxylation is 2. The standard InChI is InChI=1S/C11H10BN3/c1-7-13-8(2)15-11(14-7)9-3-5-10(12)6-4-9/h3-6H,1-2H3. The summed E-state index contributed by atoms with van der Waals surface area (Å²) in [6.45, 7) is 3.71. The van der Waals surface area contributed by atoms with Gasteiger partial charge in [-0.1, -0.05) is 29.7 Å². The van der Waals surface area contributed by atoms with Crippen molar-refractivity contribution in [1.82, 2.24) is 15.0 Å². The molecule has 0 saturated carbocycles. The molecular formula is C11H10BN3. The van der Waals surface area contributed by atoms with Crippen LogP contribution in [-0.4, -0.2) is 22.8 Å². The average Bonchev–Trinajstić information content (AvgIpc) is 2.17. The molecule has 1 aromatic heterocycles. The molecule has 0 spiro atoms. The van der Waals surface area contributed by atoms with E-state index in [-0.39, 0.29) is 0 Å². The zero-order valence-electron chi connectivity index (χ0n) is 8.73. The van der Waals surface area contributed by atoms with Gasteiger partial charge in [-0.05, 0) is 13.8 Å². The maximum Gasteiger partial charge on any atom is 0.163 e. The first-order valence-corrected chi connectivity index (χ1v) is 4.70. The molecule has 72 valence electrons. The molecule has 0 atom stereocenters. The first kappa shape index (κ1) is 9.83. The summed E-state index contributed by atoms with van der Waals surface area (Å²) in [5.74, 6) is 2.16. The molecule has 0 fully saturated rings. The van der Waals surface area contributed by atoms with Crippen molar-refractivity contribution in [3.05, 3.63) is 35.9 Å². The number of benzene rings is 1. The second-order valence-electron chi connectivity index (χ2n) is 3.38. The van der Waals surface area contributed by atoms with Crippen molar-refractivity contribution in [3.8, 4) is 11.4 Å². The summed E-state index contributed by atoms with van der Waals surface area (Å²) in [5, 5.41) is 0. The van der Waals surface area contributed by atoms with E-state index in [2.05, 4.69) is 15.0 Å². The van der Waals surface area contributed by atoms with Crippen molar-refractivity contribution in [2.45, 2.75) is 13.8 Å². The van der Waals surface area contributed by atoms with Crippen LogP contribution in [0.2, 0.25) is 0 Å². The Morgan fingerprint density at radius 1 is 0.867 bits per heavy atom. The molecule has 0 aliphatic carbocycles. The van der Waals surface area contributed by atoms with E-state index in [0.29, 0.717) is 5.82 Å². The van der Waals surface area contributed by atoms with E-state index < -0.39 is 0 Å². The van der Waals surface area contributed by atoms with Crippen LogP contribution in [0.5, 0.6) is 0 Å². The molecule has 2 radical (unpaired) electrons. The molecule has 1 aromatic carbocycles. The fourth-order valence-electron chi connectivity index (χ4n) is 1.38. The van der Waals surface area contributed by atoms with Gasteiger partial charge in [0, 0.05) is 5.56 Å². The molecule has 0 bridgehead atoms. The van der Waals surface area contributed by atoms with Crippen LogP contribution in [0.25, 0.3) is 11.4 Å². The third-order valence-corrected chi connectivity index (χ3v) is 2.03. The third kappa shape index (κ3) is 2.21. The van der Waals surface area contributed by atoms with Crippen LogP contribution < -0.4 is 5.46 Å². The molecule has 0 aliphatic rings. The highest BCUT2D eigenvalue weighted by atomic mass is 15.0. The summed E-state index contributed by atoms with van der Waals surface area (Å²) < 4.78 is 0. The van der Waals surface area contributed by atoms with E-state index in [1.807, 2.05) is 38.1 Å². The predicted octanol–water partition coefficient (Wildman–Crippen LogP) is 0.949. The molecule has 3 nitrogen and oxygen atoms in total. The maximum atomic E-state index is 5.61. The Balaban J connectivity index is 2.49. The Labute approximate surface area is 90.0 Å². The summed E-state index contributed by atoms with van der Waals surface area (Å²) in [4.78, 5) is 12.7. The highest BCUT2D eigenvalue weighted by Gasteiger charge is 2.02. The van der Waals surface area contributed by atoms with E-state index >= 15 is 0 Å². The van der Waals surface area contributed by atoms with Gasteiger partial charge in [0.1, 0.15) is 19.5 Å². The maximum absolute atomic E-state index is 5.61. The van der Waals surface area contributed by atoms with Crippen molar-refractivity contribution in [3.63, 3.8) is 0 Å². The van der Waals surface area contributed by atoms with Crippen molar-refractivity contribution < 1.29 is 0 Å². The van der Waals surface area contributed by atoms with Gasteiger partial charge in [0.15, 0.2) is 5.82 Å². The Hall–Kier alpha value is -1.71. The fourth-order valence-corrected chi connectivity index (χ4v) is 1.38. The van der Waals surface area contributed by atoms with E-state index in [1.54, 1.807) is 0 Å². The minimum absolute atomic E-state index is 0.694. The lowest BCUT2D eigenvalue weighted by atomic mass is 9.95. The zero-order valence-corrected chi connectivity index (χ0v) is 8.73. The Morgan fingerprint density at radius 3 is 1.93 bits per heavy atom. The molecule has 4 heteroatoms. The van der Waals surface area contributed by atoms with Crippen molar-refractivity contribution in [2.75, 3.05) is 0 Å². The first-order valence-electron chi connectivity index (χ1n) is 4.70. The molecule has 2 rings (SSSR count). The number of hydrogen-bond donors (Lipinski definition) is 0. The Kier molecular flexibility index (Phi) is 2.50. The van der Waals surface area contributed by atoms with Crippen LogP contribution in [0.15, 0.2) is 24.3 Å². The van der Waals surface area contributed by atoms with Crippen LogP contribution >= 0.6 is 0 Å². The van der Waals surface area contributed by atoms with E-state index in [0.717, 1.165) is 22.7 Å². The van der Waals surface area contributed by atoms with Crippen molar-refractivity contribution in [1.29, 1.82) is 0 Å². The molecule has 0 unspecified atom stereocenters. The summed E-state index contributed by atoms with van der Waals surface area (Å²) in [7, 11) is 5.61. The molecule has 0 amide bonds. The summed E-state index contributed by atoms with van der Waals surface area (Å²) >= 11 is 0. The average molecular weight is 195 g/mol. The van der Waals surface area contributed by atoms with Gasteiger partial charge >= 0.3 is 0 Å². The predicted molar refractivity (Wildman–Crippen MR) is 60.1 cm³/mol. The minimum Gasteiger partial charge on any atom is -0.219 e. The second-order valence-corrected chi connectivity index (χ2v) is 3.38. The van der Waals surface area contributed by atoms with Crippen LogP contribution in [0.3, 0.4) is 0 Å². The van der Waals surface area contributed by atoms with Crippen molar-refractivity contribution >= 4 is 13.3 Å². The van der Waals surface area contributed by atoms with Crippen LogP contribution in [0.1, 0.15) is 11.6 Å². The van der Waals surface area contributed by atoms with Crippen molar-refractivity contribution in [2.24, 2.45) is 0 Å². The van der Waals surface area contributed by atoms with E-state index in [1.165, 1.54) is 0 Å². The number of hydrogen-bond acceptors (Lipinski definition) is 3. The van der Waals surface area contributed by atoms with Gasteiger partial charge < -0.3 is 0 Å². The molecule has 0 saturated heterocycles. The molecule has 1 heterocycles. The molecule has 0 aliphatic heterocycles. The van der Waals surface area contributed by atoms with Gasteiger partial charge in [0.25, 0.3) is 0 Å². The summed E-state index contributed by atoms with van der Waals surface area (Å²) in [6.07, 6.45) is 0. The Morgan fingerprint density at radius 2 is 1.40 bits per heavy atom. The smallest absolute Gasteiger partial charge is 0.163 e. The second kappa shape index (κ2) is 3.81. The topological polar surface area (TPSA) is 38.7 Å². The highest BCUT2D eigenvalue weighted by Crippen LogP contribution is 2.12. The normalized spacial score (nSPS) is 10.3. The first-order chi connectivity index (χ1) is 7.15. The van der Waals surface area contributed by atoms with Crippen LogP contribution in [0.4, 0.5) is 0 Å². The van der Waals surface area contributed by atoms with Gasteiger partial charge in [-0.25, -0.2) is 15.0 Å². The van der Waals surface area contributed by atoms with Gasteiger partial charge in [-0.2, -0.15) is 0 Å². The third-order valence-electron chi connectivity index (χ3n) is 2.03. The lowest BCUT2D eigenvalue weighted by molar-refractivity contribution is 0.928. The monoisotopic (exact) mass is 195 g/mol. The van der Waals surface area contributed by atoms with Crippen LogP contribution in [0, 0.1) is 13.8 Å². The molecule has 15 heavy (non-hydrogen) atoms. The highest BCUT2D eigenvalue weighted by molar-refractivity contribution is 6.32. The van der Waals surface area contributed by atoms with Crippen LogP contribution in [-0.2, 0) is 0 Å². The quantitative estimate of drug-likeness (QED) is 0.636.